The molecule has 4 heteroatoms. The van der Waals surface area contributed by atoms with Crippen molar-refractivity contribution in [3.8, 4) is 5.75 Å². The number of nitrogens with two attached hydrogens (primary N) is 1. The third kappa shape index (κ3) is 3.87. The van der Waals surface area contributed by atoms with Crippen LogP contribution in [0.25, 0.3) is 0 Å². The van der Waals surface area contributed by atoms with Crippen LogP contribution < -0.4 is 15.4 Å². The summed E-state index contributed by atoms with van der Waals surface area (Å²) in [7, 11) is 5.90. The quantitative estimate of drug-likeness (QED) is 0.832. The topological polar surface area (TPSA) is 41.7 Å². The van der Waals surface area contributed by atoms with Gasteiger partial charge in [0.15, 0.2) is 0 Å². The van der Waals surface area contributed by atoms with Gasteiger partial charge in [0.2, 0.25) is 0 Å². The molecule has 20 heavy (non-hydrogen) atoms. The Kier molecular flexibility index (Phi) is 6.30. The summed E-state index contributed by atoms with van der Waals surface area (Å²) in [6.45, 7) is 8.38. The molecule has 0 fully saturated rings. The Morgan fingerprint density at radius 1 is 1.25 bits per heavy atom. The molecule has 0 aliphatic rings. The van der Waals surface area contributed by atoms with E-state index in [2.05, 4.69) is 43.8 Å². The average Bonchev–Trinajstić information content (AvgIpc) is 2.37. The van der Waals surface area contributed by atoms with Crippen molar-refractivity contribution >= 4 is 5.69 Å². The monoisotopic (exact) mass is 279 g/mol. The van der Waals surface area contributed by atoms with E-state index in [1.807, 2.05) is 19.1 Å². The summed E-state index contributed by atoms with van der Waals surface area (Å²) in [5, 5.41) is 0. The third-order valence-electron chi connectivity index (χ3n) is 3.53. The molecule has 1 rings (SSSR count). The molecule has 1 aromatic rings. The van der Waals surface area contributed by atoms with E-state index in [9.17, 15) is 0 Å². The number of rotatable bonds is 7. The maximum Gasteiger partial charge on any atom is 0.125 e. The summed E-state index contributed by atoms with van der Waals surface area (Å²) in [6, 6.07) is 6.51. The van der Waals surface area contributed by atoms with E-state index >= 15 is 0 Å². The molecule has 0 bridgehead atoms. The Morgan fingerprint density at radius 3 is 2.35 bits per heavy atom. The minimum absolute atomic E-state index is 0.0539. The van der Waals surface area contributed by atoms with Gasteiger partial charge in [0.25, 0.3) is 0 Å². The van der Waals surface area contributed by atoms with Crippen LogP contribution in [0.5, 0.6) is 5.75 Å². The van der Waals surface area contributed by atoms with E-state index in [1.54, 1.807) is 7.11 Å². The summed E-state index contributed by atoms with van der Waals surface area (Å²) in [6.07, 6.45) is 0. The zero-order valence-electron chi connectivity index (χ0n) is 13.7. The van der Waals surface area contributed by atoms with Crippen LogP contribution in [0.15, 0.2) is 18.2 Å². The first-order valence-corrected chi connectivity index (χ1v) is 7.26. The molecule has 0 saturated carbocycles. The van der Waals surface area contributed by atoms with Crippen molar-refractivity contribution < 1.29 is 4.74 Å². The molecule has 1 unspecified atom stereocenters. The van der Waals surface area contributed by atoms with Crippen molar-refractivity contribution in [2.45, 2.75) is 32.9 Å². The fourth-order valence-corrected chi connectivity index (χ4v) is 2.77. The molecule has 0 aliphatic carbocycles. The van der Waals surface area contributed by atoms with E-state index in [4.69, 9.17) is 10.5 Å². The summed E-state index contributed by atoms with van der Waals surface area (Å²) in [5.74, 6) is 0.869. The van der Waals surface area contributed by atoms with Crippen LogP contribution in [-0.2, 0) is 0 Å². The molecule has 0 radical (unpaired) electrons. The van der Waals surface area contributed by atoms with Gasteiger partial charge in [0.05, 0.1) is 7.11 Å². The standard InChI is InChI=1S/C16H29N3O/c1-7-19(12(2)11-18(4)5)14-9-8-10-15(20-6)16(14)13(3)17/h8-10,12-13H,7,11,17H2,1-6H3/t12?,13-/m1/s1. The van der Waals surface area contributed by atoms with Gasteiger partial charge in [0.1, 0.15) is 5.75 Å². The fourth-order valence-electron chi connectivity index (χ4n) is 2.77. The van der Waals surface area contributed by atoms with Gasteiger partial charge in [-0.15, -0.1) is 0 Å². The lowest BCUT2D eigenvalue weighted by molar-refractivity contribution is 0.371. The number of likely N-dealkylation sites (N-methyl/N-ethyl adjacent to an activating group) is 2. The second-order valence-corrected chi connectivity index (χ2v) is 5.58. The van der Waals surface area contributed by atoms with Crippen molar-refractivity contribution in [3.05, 3.63) is 23.8 Å². The van der Waals surface area contributed by atoms with Crippen molar-refractivity contribution in [1.82, 2.24) is 4.90 Å². The van der Waals surface area contributed by atoms with Gasteiger partial charge in [-0.2, -0.15) is 0 Å². The normalized spacial score (nSPS) is 14.2. The molecule has 2 atom stereocenters. The lowest BCUT2D eigenvalue weighted by atomic mass is 10.0. The molecule has 0 spiro atoms. The van der Waals surface area contributed by atoms with Crippen molar-refractivity contribution in [2.24, 2.45) is 5.73 Å². The van der Waals surface area contributed by atoms with E-state index in [0.29, 0.717) is 6.04 Å². The van der Waals surface area contributed by atoms with Crippen molar-refractivity contribution in [1.29, 1.82) is 0 Å². The first-order chi connectivity index (χ1) is 9.42. The molecule has 114 valence electrons. The zero-order valence-corrected chi connectivity index (χ0v) is 13.7. The Morgan fingerprint density at radius 2 is 1.90 bits per heavy atom. The summed E-state index contributed by atoms with van der Waals surface area (Å²) < 4.78 is 5.49. The SMILES string of the molecule is CCN(c1cccc(OC)c1[C@@H](C)N)C(C)CN(C)C. The molecule has 0 aliphatic heterocycles. The summed E-state index contributed by atoms with van der Waals surface area (Å²) >= 11 is 0. The number of anilines is 1. The summed E-state index contributed by atoms with van der Waals surface area (Å²) in [4.78, 5) is 4.60. The highest BCUT2D eigenvalue weighted by Crippen LogP contribution is 2.34. The smallest absolute Gasteiger partial charge is 0.125 e. The first kappa shape index (κ1) is 16.8. The molecule has 4 nitrogen and oxygen atoms in total. The Hall–Kier alpha value is -1.26. The molecule has 1 aromatic carbocycles. The van der Waals surface area contributed by atoms with Crippen LogP contribution in [-0.4, -0.2) is 45.2 Å². The lowest BCUT2D eigenvalue weighted by Gasteiger charge is -2.34. The van der Waals surface area contributed by atoms with E-state index in [0.717, 1.165) is 24.4 Å². The van der Waals surface area contributed by atoms with E-state index in [1.165, 1.54) is 5.69 Å². The minimum atomic E-state index is -0.0539. The maximum atomic E-state index is 6.17. The molecular weight excluding hydrogens is 250 g/mol. The highest BCUT2D eigenvalue weighted by atomic mass is 16.5. The average molecular weight is 279 g/mol. The fraction of sp³-hybridized carbons (Fsp3) is 0.625. The number of hydrogen-bond acceptors (Lipinski definition) is 4. The predicted molar refractivity (Wildman–Crippen MR) is 86.6 cm³/mol. The second kappa shape index (κ2) is 7.50. The van der Waals surface area contributed by atoms with Gasteiger partial charge in [0, 0.05) is 36.4 Å². The highest BCUT2D eigenvalue weighted by Gasteiger charge is 2.21. The van der Waals surface area contributed by atoms with Crippen LogP contribution in [0.2, 0.25) is 0 Å². The van der Waals surface area contributed by atoms with Gasteiger partial charge < -0.3 is 20.3 Å². The van der Waals surface area contributed by atoms with Gasteiger partial charge >= 0.3 is 0 Å². The Labute approximate surface area is 123 Å². The van der Waals surface area contributed by atoms with Crippen LogP contribution in [0.3, 0.4) is 0 Å². The first-order valence-electron chi connectivity index (χ1n) is 7.26. The van der Waals surface area contributed by atoms with Gasteiger partial charge in [-0.3, -0.25) is 0 Å². The van der Waals surface area contributed by atoms with Crippen LogP contribution in [0, 0.1) is 0 Å². The largest absolute Gasteiger partial charge is 0.496 e. The highest BCUT2D eigenvalue weighted by molar-refractivity contribution is 5.61. The molecule has 0 heterocycles. The van der Waals surface area contributed by atoms with E-state index in [-0.39, 0.29) is 6.04 Å². The van der Waals surface area contributed by atoms with Crippen LogP contribution >= 0.6 is 0 Å². The third-order valence-corrected chi connectivity index (χ3v) is 3.53. The van der Waals surface area contributed by atoms with Crippen LogP contribution in [0.1, 0.15) is 32.4 Å². The molecular formula is C16H29N3O. The van der Waals surface area contributed by atoms with E-state index < -0.39 is 0 Å². The number of nitrogens with zero attached hydrogens (tertiary/aromatic N) is 2. The van der Waals surface area contributed by atoms with Gasteiger partial charge in [-0.25, -0.2) is 0 Å². The zero-order chi connectivity index (χ0) is 15.3. The van der Waals surface area contributed by atoms with Gasteiger partial charge in [-0.05, 0) is 47.0 Å². The molecule has 0 saturated heterocycles. The number of methoxy groups -OCH3 is 1. The molecule has 0 amide bonds. The van der Waals surface area contributed by atoms with Gasteiger partial charge in [-0.1, -0.05) is 6.07 Å². The molecule has 0 aromatic heterocycles. The minimum Gasteiger partial charge on any atom is -0.496 e. The number of benzene rings is 1. The number of hydrogen-bond donors (Lipinski definition) is 1. The molecule has 2 N–H and O–H groups in total. The van der Waals surface area contributed by atoms with Crippen LogP contribution in [0.4, 0.5) is 5.69 Å². The maximum absolute atomic E-state index is 6.17. The lowest BCUT2D eigenvalue weighted by Crippen LogP contribution is -2.40. The van der Waals surface area contributed by atoms with Crippen molar-refractivity contribution in [3.63, 3.8) is 0 Å². The number of ether oxygens (including phenoxy) is 1. The predicted octanol–water partition coefficient (Wildman–Crippen LogP) is 2.49. The summed E-state index contributed by atoms with van der Waals surface area (Å²) in [5.41, 5.74) is 8.43. The van der Waals surface area contributed by atoms with Crippen molar-refractivity contribution in [2.75, 3.05) is 39.2 Å². The Bertz CT molecular complexity index is 418. The second-order valence-electron chi connectivity index (χ2n) is 5.58. The Balaban J connectivity index is 3.21.